The van der Waals surface area contributed by atoms with Gasteiger partial charge in [0.25, 0.3) is 0 Å². The van der Waals surface area contributed by atoms with Gasteiger partial charge in [-0.2, -0.15) is 0 Å². The Morgan fingerprint density at radius 2 is 1.52 bits per heavy atom. The molecule has 0 fully saturated rings. The third-order valence-corrected chi connectivity index (χ3v) is 23.2. The fourth-order valence-electron chi connectivity index (χ4n) is 4.01. The Morgan fingerprint density at radius 3 is 1.86 bits per heavy atom. The Bertz CT molecular complexity index is 282. The van der Waals surface area contributed by atoms with Gasteiger partial charge in [-0.25, -0.2) is 0 Å². The van der Waals surface area contributed by atoms with Crippen molar-refractivity contribution in [3.8, 4) is 0 Å². The molecule has 0 bridgehead atoms. The zero-order valence-corrected chi connectivity index (χ0v) is 17.3. The summed E-state index contributed by atoms with van der Waals surface area (Å²) in [6.45, 7) is 6.87. The molecule has 0 spiro atoms. The fourth-order valence-corrected chi connectivity index (χ4v) is 22.5. The van der Waals surface area contributed by atoms with Gasteiger partial charge in [0.1, 0.15) is 0 Å². The van der Waals surface area contributed by atoms with Gasteiger partial charge >= 0.3 is 136 Å². The molecule has 1 aliphatic rings. The van der Waals surface area contributed by atoms with Crippen molar-refractivity contribution < 1.29 is 10.1 Å². The monoisotopic (exact) mass is 404 g/mol. The van der Waals surface area contributed by atoms with Gasteiger partial charge < -0.3 is 0 Å². The quantitative estimate of drug-likeness (QED) is 0.189. The Labute approximate surface area is 136 Å². The Kier molecular flexibility index (Phi) is 9.54. The van der Waals surface area contributed by atoms with Crippen molar-refractivity contribution in [3.63, 3.8) is 0 Å². The van der Waals surface area contributed by atoms with Crippen molar-refractivity contribution in [2.24, 2.45) is 0 Å². The van der Waals surface area contributed by atoms with Gasteiger partial charge in [0.2, 0.25) is 0 Å². The van der Waals surface area contributed by atoms with Crippen LogP contribution in [0.1, 0.15) is 78.6 Å². The number of allylic oxidation sites excluding steroid dienone is 1. The normalized spacial score (nSPS) is 22.7. The average molecular weight is 403 g/mol. The molecule has 1 N–H and O–H groups in total. The van der Waals surface area contributed by atoms with Crippen LogP contribution in [0.15, 0.2) is 12.2 Å². The molecule has 0 saturated heterocycles. The predicted molar refractivity (Wildman–Crippen MR) is 94.3 cm³/mol. The van der Waals surface area contributed by atoms with Crippen LogP contribution >= 0.6 is 0 Å². The molecule has 0 amide bonds. The second-order valence-corrected chi connectivity index (χ2v) is 20.9. The van der Waals surface area contributed by atoms with Gasteiger partial charge in [0.15, 0.2) is 0 Å². The zero-order valence-electron chi connectivity index (χ0n) is 14.5. The van der Waals surface area contributed by atoms with Crippen LogP contribution in [-0.2, 0) is 4.89 Å². The first kappa shape index (κ1) is 19.5. The number of hydrogen-bond donors (Lipinski definition) is 1. The standard InChI is InChI=1S/C6H9O2.3C4H9.Sn/c7-8-6-4-2-1-3-5-6;3*1-3-4-2;/h2,4,7H,1,3,5H2;3*1,3-4H2,2H3;. The number of rotatable bonds is 11. The van der Waals surface area contributed by atoms with E-state index < -0.39 is 18.4 Å². The summed E-state index contributed by atoms with van der Waals surface area (Å²) in [5, 5.41) is 9.88. The Balaban J connectivity index is 3.08. The van der Waals surface area contributed by atoms with Crippen LogP contribution in [0.25, 0.3) is 0 Å². The van der Waals surface area contributed by atoms with Gasteiger partial charge in [-0.1, -0.05) is 0 Å². The molecular weight excluding hydrogens is 367 g/mol. The first-order chi connectivity index (χ1) is 10.2. The van der Waals surface area contributed by atoms with Crippen molar-refractivity contribution in [2.75, 3.05) is 0 Å². The number of unbranched alkanes of at least 4 members (excludes halogenated alkanes) is 3. The molecule has 0 aliphatic heterocycles. The molecular formula is C18H36O2Sn. The van der Waals surface area contributed by atoms with Crippen molar-refractivity contribution in [2.45, 2.75) is 95.5 Å². The first-order valence-electron chi connectivity index (χ1n) is 9.20. The summed E-state index contributed by atoms with van der Waals surface area (Å²) in [5.74, 6) is 0. The van der Waals surface area contributed by atoms with E-state index in [1.54, 1.807) is 0 Å². The van der Waals surface area contributed by atoms with Crippen LogP contribution < -0.4 is 0 Å². The minimum atomic E-state index is -2.58. The molecule has 1 rings (SSSR count). The van der Waals surface area contributed by atoms with Crippen molar-refractivity contribution in [1.29, 1.82) is 0 Å². The molecule has 1 aliphatic carbocycles. The van der Waals surface area contributed by atoms with E-state index >= 15 is 0 Å². The maximum absolute atomic E-state index is 9.88. The van der Waals surface area contributed by atoms with E-state index in [2.05, 4.69) is 32.9 Å². The van der Waals surface area contributed by atoms with E-state index in [-0.39, 0.29) is 3.62 Å². The Hall–Kier alpha value is 0.459. The van der Waals surface area contributed by atoms with E-state index in [1.807, 2.05) is 0 Å². The summed E-state index contributed by atoms with van der Waals surface area (Å²) in [6.07, 6.45) is 15.7. The van der Waals surface area contributed by atoms with Gasteiger partial charge in [-0.05, 0) is 0 Å². The summed E-state index contributed by atoms with van der Waals surface area (Å²) < 4.78 is 3.93. The van der Waals surface area contributed by atoms with Gasteiger partial charge in [-0.15, -0.1) is 0 Å². The van der Waals surface area contributed by atoms with Crippen molar-refractivity contribution in [1.82, 2.24) is 0 Å². The molecule has 124 valence electrons. The van der Waals surface area contributed by atoms with E-state index in [1.165, 1.54) is 58.3 Å². The van der Waals surface area contributed by atoms with Gasteiger partial charge in [0, 0.05) is 0 Å². The molecule has 0 radical (unpaired) electrons. The van der Waals surface area contributed by atoms with E-state index in [0.717, 1.165) is 12.8 Å². The molecule has 0 heterocycles. The molecule has 21 heavy (non-hydrogen) atoms. The molecule has 1 atom stereocenters. The zero-order chi connectivity index (χ0) is 15.6. The van der Waals surface area contributed by atoms with Gasteiger partial charge in [0.05, 0.1) is 0 Å². The maximum atomic E-state index is 9.88. The molecule has 0 aromatic carbocycles. The summed E-state index contributed by atoms with van der Waals surface area (Å²) in [4.78, 5) is 5.34. The van der Waals surface area contributed by atoms with Crippen molar-refractivity contribution >= 4 is 18.4 Å². The van der Waals surface area contributed by atoms with E-state index in [9.17, 15) is 5.26 Å². The molecule has 0 aromatic rings. The van der Waals surface area contributed by atoms with Crippen LogP contribution in [0.4, 0.5) is 0 Å². The van der Waals surface area contributed by atoms with E-state index in [0.29, 0.717) is 0 Å². The van der Waals surface area contributed by atoms with Crippen LogP contribution in [0.3, 0.4) is 0 Å². The van der Waals surface area contributed by atoms with Crippen molar-refractivity contribution in [3.05, 3.63) is 12.2 Å². The summed E-state index contributed by atoms with van der Waals surface area (Å²) in [5.41, 5.74) is 0. The van der Waals surface area contributed by atoms with Crippen LogP contribution in [0, 0.1) is 0 Å². The SMILES string of the molecule is CCC[CH2][Sn]([CH2]CCC)([CH2]CCC)[C]1(OO)C=CCCC1. The Morgan fingerprint density at radius 1 is 1.00 bits per heavy atom. The minimum absolute atomic E-state index is 0.230. The van der Waals surface area contributed by atoms with Crippen LogP contribution in [0.5, 0.6) is 0 Å². The summed E-state index contributed by atoms with van der Waals surface area (Å²) in [7, 11) is 0. The van der Waals surface area contributed by atoms with Crippen LogP contribution in [0.2, 0.25) is 13.3 Å². The second kappa shape index (κ2) is 10.3. The molecule has 2 nitrogen and oxygen atoms in total. The first-order valence-corrected chi connectivity index (χ1v) is 16.7. The van der Waals surface area contributed by atoms with Gasteiger partial charge in [-0.3, -0.25) is 0 Å². The molecule has 0 aromatic heterocycles. The van der Waals surface area contributed by atoms with Crippen LogP contribution in [-0.4, -0.2) is 27.3 Å². The third kappa shape index (κ3) is 4.97. The third-order valence-electron chi connectivity index (χ3n) is 5.39. The molecule has 0 saturated carbocycles. The fraction of sp³-hybridized carbons (Fsp3) is 0.889. The number of hydrogen-bond acceptors (Lipinski definition) is 2. The summed E-state index contributed by atoms with van der Waals surface area (Å²) in [6, 6.07) is 0. The van der Waals surface area contributed by atoms with E-state index in [4.69, 9.17) is 4.89 Å². The average Bonchev–Trinajstić information content (AvgIpc) is 2.55. The topological polar surface area (TPSA) is 29.5 Å². The second-order valence-electron chi connectivity index (χ2n) is 6.87. The molecule has 3 heteroatoms. The molecule has 1 unspecified atom stereocenters. The summed E-state index contributed by atoms with van der Waals surface area (Å²) >= 11 is -2.58. The predicted octanol–water partition coefficient (Wildman–Crippen LogP) is 6.34.